The Bertz CT molecular complexity index is 1640. The summed E-state index contributed by atoms with van der Waals surface area (Å²) in [5, 5.41) is 14.1. The van der Waals surface area contributed by atoms with Crippen molar-refractivity contribution < 1.29 is 38.6 Å². The van der Waals surface area contributed by atoms with Gasteiger partial charge in [0.05, 0.1) is 33.9 Å². The molecule has 0 saturated carbocycles. The van der Waals surface area contributed by atoms with Crippen molar-refractivity contribution in [1.29, 1.82) is 0 Å². The van der Waals surface area contributed by atoms with Crippen molar-refractivity contribution in [1.82, 2.24) is 4.90 Å². The third-order valence-corrected chi connectivity index (χ3v) is 7.33. The summed E-state index contributed by atoms with van der Waals surface area (Å²) in [6.45, 7) is 2.29. The van der Waals surface area contributed by atoms with Crippen molar-refractivity contribution in [3.05, 3.63) is 119 Å². The van der Waals surface area contributed by atoms with Crippen LogP contribution in [0.25, 0.3) is 5.76 Å². The molecule has 0 spiro atoms. The number of aromatic amines is 1. The molecule has 1 aliphatic rings. The van der Waals surface area contributed by atoms with Crippen molar-refractivity contribution in [3.8, 4) is 23.0 Å². The first-order valence-corrected chi connectivity index (χ1v) is 13.6. The quantitative estimate of drug-likeness (QED) is 0.159. The summed E-state index contributed by atoms with van der Waals surface area (Å²) in [5.41, 5.74) is 3.07. The number of amides is 1. The number of aryl methyl sites for hydroxylation is 1. The van der Waals surface area contributed by atoms with E-state index < -0.39 is 23.5 Å². The number of carbonyl (C=O) groups is 2. The second-order valence-electron chi connectivity index (χ2n) is 10.0. The van der Waals surface area contributed by atoms with Gasteiger partial charge >= 0.3 is 0 Å². The van der Waals surface area contributed by atoms with Crippen LogP contribution in [0, 0.1) is 6.92 Å². The van der Waals surface area contributed by atoms with Crippen LogP contribution in [0.5, 0.6) is 23.0 Å². The molecule has 1 fully saturated rings. The molecule has 9 nitrogen and oxygen atoms in total. The molecule has 1 aliphatic heterocycles. The summed E-state index contributed by atoms with van der Waals surface area (Å²) in [5.74, 6) is -0.544. The second-order valence-corrected chi connectivity index (χ2v) is 10.0. The van der Waals surface area contributed by atoms with Gasteiger partial charge in [0.2, 0.25) is 11.5 Å². The van der Waals surface area contributed by atoms with Gasteiger partial charge in [-0.1, -0.05) is 42.2 Å². The van der Waals surface area contributed by atoms with Gasteiger partial charge in [0, 0.05) is 17.2 Å². The molecule has 1 amide bonds. The van der Waals surface area contributed by atoms with Gasteiger partial charge in [-0.15, -0.1) is 0 Å². The van der Waals surface area contributed by atoms with Crippen molar-refractivity contribution >= 4 is 17.4 Å². The standard InChI is InChI=1S/C34H32N2O7/c1-21-15-24(12-13-26(21)43-20-22-9-6-5-7-10-22)31(37)29-30(25-16-27(40-2)33(42-4)28(17-25)41-3)36(34(39)32(29)38)19-23-11-8-14-35-18-23/h5-18,30,37H,19-20H2,1-4H3/b31-29+. The van der Waals surface area contributed by atoms with Gasteiger partial charge in [-0.3, -0.25) is 9.59 Å². The van der Waals surface area contributed by atoms with Gasteiger partial charge in [-0.2, -0.15) is 0 Å². The van der Waals surface area contributed by atoms with E-state index in [1.165, 1.54) is 26.2 Å². The number of nitrogens with zero attached hydrogens (tertiary/aromatic N) is 1. The minimum absolute atomic E-state index is 0.0886. The van der Waals surface area contributed by atoms with Crippen LogP contribution >= 0.6 is 0 Å². The van der Waals surface area contributed by atoms with Crippen LogP contribution in [0.3, 0.4) is 0 Å². The minimum atomic E-state index is -1.00. The summed E-state index contributed by atoms with van der Waals surface area (Å²) in [6, 6.07) is 20.7. The fraction of sp³-hybridized carbons (Fsp3) is 0.206. The number of H-pyrrole nitrogens is 1. The molecular formula is C34H32N2O7. The van der Waals surface area contributed by atoms with Gasteiger partial charge < -0.3 is 29.0 Å². The summed E-state index contributed by atoms with van der Waals surface area (Å²) in [4.78, 5) is 31.5. The molecule has 5 rings (SSSR count). The highest BCUT2D eigenvalue weighted by Crippen LogP contribution is 2.46. The SMILES string of the molecule is COc1cc(C2/C(=C(\[O-])c3ccc(OCc4ccccc4)c(C)c3)C(=O)C(=O)N2Cc2ccc[nH+]c2)cc(OC)c1OC. The number of hydrogen-bond donors (Lipinski definition) is 0. The van der Waals surface area contributed by atoms with E-state index in [9.17, 15) is 14.7 Å². The third kappa shape index (κ3) is 5.88. The Morgan fingerprint density at radius 2 is 1.56 bits per heavy atom. The predicted octanol–water partition coefficient (Wildman–Crippen LogP) is 3.84. The average molecular weight is 581 g/mol. The lowest BCUT2D eigenvalue weighted by atomic mass is 9.94. The highest BCUT2D eigenvalue weighted by atomic mass is 16.5. The van der Waals surface area contributed by atoms with Crippen molar-refractivity contribution in [2.24, 2.45) is 0 Å². The van der Waals surface area contributed by atoms with Crippen LogP contribution in [0.15, 0.2) is 90.8 Å². The number of pyridine rings is 1. The Kier molecular flexibility index (Phi) is 8.61. The maximum absolute atomic E-state index is 14.1. The zero-order valence-electron chi connectivity index (χ0n) is 24.4. The number of ether oxygens (including phenoxy) is 4. The lowest BCUT2D eigenvalue weighted by molar-refractivity contribution is -0.378. The number of ketones is 1. The molecule has 0 aliphatic carbocycles. The van der Waals surface area contributed by atoms with Crippen LogP contribution in [-0.2, 0) is 22.7 Å². The lowest BCUT2D eigenvalue weighted by Gasteiger charge is -2.28. The fourth-order valence-electron chi connectivity index (χ4n) is 5.21. The van der Waals surface area contributed by atoms with Crippen LogP contribution in [-0.4, -0.2) is 37.9 Å². The Morgan fingerprint density at radius 1 is 0.860 bits per heavy atom. The van der Waals surface area contributed by atoms with E-state index in [4.69, 9.17) is 18.9 Å². The number of carbonyl (C=O) groups excluding carboxylic acids is 2. The smallest absolute Gasteiger partial charge is 0.295 e. The Labute approximate surface area is 249 Å². The largest absolute Gasteiger partial charge is 0.872 e. The zero-order valence-corrected chi connectivity index (χ0v) is 24.4. The van der Waals surface area contributed by atoms with Crippen LogP contribution in [0.2, 0.25) is 0 Å². The first-order valence-electron chi connectivity index (χ1n) is 13.6. The minimum Gasteiger partial charge on any atom is -0.872 e. The van der Waals surface area contributed by atoms with E-state index in [1.807, 2.05) is 43.3 Å². The number of hydrogen-bond acceptors (Lipinski definition) is 7. The first kappa shape index (κ1) is 29.2. The first-order chi connectivity index (χ1) is 20.9. The number of nitrogens with one attached hydrogen (secondary N) is 1. The predicted molar refractivity (Wildman–Crippen MR) is 156 cm³/mol. The maximum atomic E-state index is 14.1. The van der Waals surface area contributed by atoms with E-state index in [0.717, 1.165) is 16.7 Å². The molecule has 1 aromatic heterocycles. The highest BCUT2D eigenvalue weighted by molar-refractivity contribution is 6.46. The summed E-state index contributed by atoms with van der Waals surface area (Å²) in [7, 11) is 4.44. The molecule has 2 heterocycles. The van der Waals surface area contributed by atoms with E-state index >= 15 is 0 Å². The number of likely N-dealkylation sites (tertiary alicyclic amines) is 1. The highest BCUT2D eigenvalue weighted by Gasteiger charge is 2.45. The van der Waals surface area contributed by atoms with Gasteiger partial charge in [0.15, 0.2) is 23.9 Å². The zero-order chi connectivity index (χ0) is 30.5. The molecule has 1 N–H and O–H groups in total. The van der Waals surface area contributed by atoms with E-state index in [1.54, 1.807) is 48.8 Å². The average Bonchev–Trinajstić information content (AvgIpc) is 3.28. The monoisotopic (exact) mass is 580 g/mol. The maximum Gasteiger partial charge on any atom is 0.295 e. The lowest BCUT2D eigenvalue weighted by Crippen LogP contribution is -2.29. The Morgan fingerprint density at radius 3 is 2.16 bits per heavy atom. The summed E-state index contributed by atoms with van der Waals surface area (Å²) in [6.07, 6.45) is 3.48. The van der Waals surface area contributed by atoms with Crippen LogP contribution in [0.4, 0.5) is 0 Å². The summed E-state index contributed by atoms with van der Waals surface area (Å²) >= 11 is 0. The molecule has 43 heavy (non-hydrogen) atoms. The van der Waals surface area contributed by atoms with Gasteiger partial charge in [0.25, 0.3) is 5.91 Å². The molecule has 1 saturated heterocycles. The van der Waals surface area contributed by atoms with E-state index in [-0.39, 0.29) is 17.7 Å². The number of Topliss-reactive ketones (excluding diaryl/α,β-unsaturated/α-hetero) is 1. The molecule has 0 radical (unpaired) electrons. The normalized spacial score (nSPS) is 15.8. The number of methoxy groups -OCH3 is 3. The Hall–Kier alpha value is -5.31. The molecular weight excluding hydrogens is 548 g/mol. The van der Waals surface area contributed by atoms with Gasteiger partial charge in [-0.25, -0.2) is 4.98 Å². The van der Waals surface area contributed by atoms with E-state index in [2.05, 4.69) is 4.98 Å². The Balaban J connectivity index is 1.59. The molecule has 4 aromatic rings. The van der Waals surface area contributed by atoms with Crippen molar-refractivity contribution in [2.45, 2.75) is 26.1 Å². The third-order valence-electron chi connectivity index (χ3n) is 7.33. The second kappa shape index (κ2) is 12.7. The van der Waals surface area contributed by atoms with Crippen LogP contribution in [0.1, 0.15) is 33.9 Å². The molecule has 1 atom stereocenters. The topological polar surface area (TPSA) is 112 Å². The summed E-state index contributed by atoms with van der Waals surface area (Å²) < 4.78 is 22.5. The molecule has 0 bridgehead atoms. The molecule has 3 aromatic carbocycles. The van der Waals surface area contributed by atoms with E-state index in [0.29, 0.717) is 35.2 Å². The molecule has 220 valence electrons. The van der Waals surface area contributed by atoms with Gasteiger partial charge in [0.1, 0.15) is 12.4 Å². The van der Waals surface area contributed by atoms with Gasteiger partial charge in [-0.05, 0) is 59.5 Å². The number of benzene rings is 3. The molecule has 1 unspecified atom stereocenters. The van der Waals surface area contributed by atoms with Crippen LogP contribution < -0.4 is 29.0 Å². The number of aromatic nitrogens is 1. The fourth-order valence-corrected chi connectivity index (χ4v) is 5.21. The number of rotatable bonds is 10. The molecule has 9 heteroatoms. The van der Waals surface area contributed by atoms with Crippen molar-refractivity contribution in [3.63, 3.8) is 0 Å². The van der Waals surface area contributed by atoms with Crippen molar-refractivity contribution in [2.75, 3.05) is 21.3 Å².